The van der Waals surface area contributed by atoms with Gasteiger partial charge in [-0.1, -0.05) is 13.8 Å². The summed E-state index contributed by atoms with van der Waals surface area (Å²) in [6.45, 7) is 9.51. The van der Waals surface area contributed by atoms with Crippen LogP contribution in [0.3, 0.4) is 0 Å². The van der Waals surface area contributed by atoms with E-state index in [1.54, 1.807) is 0 Å². The molecular formula is C13H26O4Si. The van der Waals surface area contributed by atoms with Gasteiger partial charge in [0.2, 0.25) is 0 Å². The van der Waals surface area contributed by atoms with Crippen molar-refractivity contribution in [3.8, 4) is 0 Å². The Hall–Kier alpha value is 0.0569. The van der Waals surface area contributed by atoms with Crippen LogP contribution in [-0.2, 0) is 18.3 Å². The van der Waals surface area contributed by atoms with Gasteiger partial charge in [-0.15, -0.1) is 0 Å². The van der Waals surface area contributed by atoms with Crippen LogP contribution in [0.4, 0.5) is 0 Å². The average Bonchev–Trinajstić information content (AvgIpc) is 2.24. The first-order valence-electron chi connectivity index (χ1n) is 7.25. The quantitative estimate of drug-likeness (QED) is 0.600. The normalized spacial score (nSPS) is 21.3. The van der Waals surface area contributed by atoms with Crippen molar-refractivity contribution in [1.29, 1.82) is 0 Å². The molecule has 0 aromatic heterocycles. The highest BCUT2D eigenvalue weighted by Gasteiger charge is 2.45. The van der Waals surface area contributed by atoms with Crippen LogP contribution in [-0.4, -0.2) is 48.9 Å². The third-order valence-electron chi connectivity index (χ3n) is 3.70. The van der Waals surface area contributed by atoms with Gasteiger partial charge in [-0.05, 0) is 12.8 Å². The van der Waals surface area contributed by atoms with Crippen molar-refractivity contribution in [1.82, 2.24) is 0 Å². The SMILES string of the molecule is CCCO[SiH](OCCC)C(C1COC1)C1COC1. The Morgan fingerprint density at radius 3 is 1.67 bits per heavy atom. The fourth-order valence-corrected chi connectivity index (χ4v) is 5.33. The molecule has 4 nitrogen and oxygen atoms in total. The van der Waals surface area contributed by atoms with Crippen LogP contribution >= 0.6 is 0 Å². The Morgan fingerprint density at radius 1 is 0.944 bits per heavy atom. The predicted molar refractivity (Wildman–Crippen MR) is 72.0 cm³/mol. The van der Waals surface area contributed by atoms with Crippen LogP contribution in [0.25, 0.3) is 0 Å². The molecule has 0 aromatic rings. The third kappa shape index (κ3) is 3.54. The lowest BCUT2D eigenvalue weighted by atomic mass is 9.91. The summed E-state index contributed by atoms with van der Waals surface area (Å²) in [6.07, 6.45) is 2.13. The van der Waals surface area contributed by atoms with Crippen molar-refractivity contribution in [2.24, 2.45) is 11.8 Å². The molecule has 0 atom stereocenters. The summed E-state index contributed by atoms with van der Waals surface area (Å²) < 4.78 is 22.9. The minimum atomic E-state index is -1.59. The van der Waals surface area contributed by atoms with Crippen LogP contribution in [0, 0.1) is 11.8 Å². The molecule has 0 radical (unpaired) electrons. The first-order chi connectivity index (χ1) is 8.86. The summed E-state index contributed by atoms with van der Waals surface area (Å²) in [5.41, 5.74) is 0.575. The molecule has 0 saturated carbocycles. The zero-order valence-electron chi connectivity index (χ0n) is 11.6. The highest BCUT2D eigenvalue weighted by Crippen LogP contribution is 2.39. The fourth-order valence-electron chi connectivity index (χ4n) is 2.52. The topological polar surface area (TPSA) is 36.9 Å². The minimum absolute atomic E-state index is 0.575. The standard InChI is InChI=1S/C13H26O4Si/c1-3-5-16-18(17-6-4-2)13(11-7-14-8-11)12-9-15-10-12/h11-13,18H,3-10H2,1-2H3. The number of ether oxygens (including phenoxy) is 2. The molecule has 2 aliphatic heterocycles. The average molecular weight is 274 g/mol. The van der Waals surface area contributed by atoms with Gasteiger partial charge in [-0.25, -0.2) is 0 Å². The molecule has 0 bridgehead atoms. The Morgan fingerprint density at radius 2 is 1.39 bits per heavy atom. The third-order valence-corrected chi connectivity index (χ3v) is 6.55. The van der Waals surface area contributed by atoms with Gasteiger partial charge >= 0.3 is 9.28 Å². The van der Waals surface area contributed by atoms with Gasteiger partial charge in [-0.3, -0.25) is 0 Å². The first-order valence-corrected chi connectivity index (χ1v) is 8.86. The van der Waals surface area contributed by atoms with E-state index in [4.69, 9.17) is 18.3 Å². The largest absolute Gasteiger partial charge is 0.396 e. The summed E-state index contributed by atoms with van der Waals surface area (Å²) in [7, 11) is -1.59. The monoisotopic (exact) mass is 274 g/mol. The molecule has 0 spiro atoms. The Balaban J connectivity index is 1.92. The Bertz CT molecular complexity index is 209. The smallest absolute Gasteiger partial charge is 0.325 e. The van der Waals surface area contributed by atoms with Gasteiger partial charge in [0, 0.05) is 30.6 Å². The number of hydrogen-bond donors (Lipinski definition) is 0. The van der Waals surface area contributed by atoms with Crippen LogP contribution in [0.15, 0.2) is 0 Å². The van der Waals surface area contributed by atoms with Crippen molar-refractivity contribution in [2.45, 2.75) is 32.2 Å². The second-order valence-electron chi connectivity index (χ2n) is 5.28. The number of rotatable bonds is 9. The summed E-state index contributed by atoms with van der Waals surface area (Å²) in [5, 5.41) is 0. The van der Waals surface area contributed by atoms with Crippen molar-refractivity contribution in [3.63, 3.8) is 0 Å². The molecule has 18 heavy (non-hydrogen) atoms. The van der Waals surface area contributed by atoms with E-state index < -0.39 is 9.28 Å². The van der Waals surface area contributed by atoms with Gasteiger partial charge < -0.3 is 18.3 Å². The van der Waals surface area contributed by atoms with E-state index in [9.17, 15) is 0 Å². The van der Waals surface area contributed by atoms with Crippen molar-refractivity contribution in [3.05, 3.63) is 0 Å². The maximum Gasteiger partial charge on any atom is 0.325 e. The van der Waals surface area contributed by atoms with Crippen molar-refractivity contribution in [2.75, 3.05) is 39.6 Å². The Labute approximate surface area is 112 Å². The van der Waals surface area contributed by atoms with Crippen LogP contribution < -0.4 is 0 Å². The molecule has 2 saturated heterocycles. The summed E-state index contributed by atoms with van der Waals surface area (Å²) >= 11 is 0. The highest BCUT2D eigenvalue weighted by molar-refractivity contribution is 6.46. The maximum atomic E-state index is 6.07. The molecule has 0 aromatic carbocycles. The second-order valence-corrected chi connectivity index (χ2v) is 7.46. The molecule has 2 rings (SSSR count). The van der Waals surface area contributed by atoms with Crippen LogP contribution in [0.2, 0.25) is 5.54 Å². The van der Waals surface area contributed by atoms with Gasteiger partial charge in [0.1, 0.15) is 0 Å². The van der Waals surface area contributed by atoms with Gasteiger partial charge in [0.15, 0.2) is 0 Å². The molecule has 2 heterocycles. The van der Waals surface area contributed by atoms with E-state index in [1.165, 1.54) is 0 Å². The van der Waals surface area contributed by atoms with E-state index in [0.717, 1.165) is 52.5 Å². The minimum Gasteiger partial charge on any atom is -0.396 e. The van der Waals surface area contributed by atoms with E-state index in [2.05, 4.69) is 13.8 Å². The van der Waals surface area contributed by atoms with E-state index >= 15 is 0 Å². The lowest BCUT2D eigenvalue weighted by molar-refractivity contribution is -0.0966. The molecule has 2 aliphatic rings. The lowest BCUT2D eigenvalue weighted by Gasteiger charge is -2.44. The molecule has 2 fully saturated rings. The first kappa shape index (κ1) is 14.5. The summed E-state index contributed by atoms with van der Waals surface area (Å²) in [4.78, 5) is 0. The fraction of sp³-hybridized carbons (Fsp3) is 1.00. The Kier molecular flexibility index (Phi) is 6.11. The lowest BCUT2D eigenvalue weighted by Crippen LogP contribution is -2.49. The zero-order chi connectivity index (χ0) is 12.8. The van der Waals surface area contributed by atoms with Crippen LogP contribution in [0.5, 0.6) is 0 Å². The van der Waals surface area contributed by atoms with E-state index in [1.807, 2.05) is 0 Å². The van der Waals surface area contributed by atoms with Gasteiger partial charge in [0.05, 0.1) is 26.4 Å². The summed E-state index contributed by atoms with van der Waals surface area (Å²) in [5.74, 6) is 1.29. The number of hydrogen-bond acceptors (Lipinski definition) is 4. The second kappa shape index (κ2) is 7.60. The van der Waals surface area contributed by atoms with Gasteiger partial charge in [-0.2, -0.15) is 0 Å². The molecule has 0 N–H and O–H groups in total. The predicted octanol–water partition coefficient (Wildman–Crippen LogP) is 1.72. The molecular weight excluding hydrogens is 248 g/mol. The highest BCUT2D eigenvalue weighted by atomic mass is 28.3. The van der Waals surface area contributed by atoms with Crippen molar-refractivity contribution < 1.29 is 18.3 Å². The van der Waals surface area contributed by atoms with Crippen LogP contribution in [0.1, 0.15) is 26.7 Å². The molecule has 0 amide bonds. The molecule has 0 aliphatic carbocycles. The van der Waals surface area contributed by atoms with Gasteiger partial charge in [0.25, 0.3) is 0 Å². The summed E-state index contributed by atoms with van der Waals surface area (Å²) in [6, 6.07) is 0. The molecule has 0 unspecified atom stereocenters. The van der Waals surface area contributed by atoms with E-state index in [-0.39, 0.29) is 0 Å². The zero-order valence-corrected chi connectivity index (χ0v) is 12.8. The molecule has 5 heteroatoms. The van der Waals surface area contributed by atoms with E-state index in [0.29, 0.717) is 17.4 Å². The molecule has 106 valence electrons. The van der Waals surface area contributed by atoms with Crippen molar-refractivity contribution >= 4 is 9.28 Å². The maximum absolute atomic E-state index is 6.07.